The van der Waals surface area contributed by atoms with Crippen LogP contribution in [0.2, 0.25) is 10.0 Å². The highest BCUT2D eigenvalue weighted by atomic mass is 35.5. The first-order valence-corrected chi connectivity index (χ1v) is 8.01. The van der Waals surface area contributed by atoms with Gasteiger partial charge in [-0.3, -0.25) is 0 Å². The number of hydrogen-bond acceptors (Lipinski definition) is 3. The van der Waals surface area contributed by atoms with E-state index in [-0.39, 0.29) is 27.6 Å². The molecule has 0 saturated heterocycles. The van der Waals surface area contributed by atoms with Crippen LogP contribution < -0.4 is 5.73 Å². The van der Waals surface area contributed by atoms with Crippen LogP contribution in [-0.2, 0) is 10.0 Å². The molecule has 0 aromatic heterocycles. The molecule has 1 atom stereocenters. The van der Waals surface area contributed by atoms with Gasteiger partial charge in [0, 0.05) is 18.1 Å². The molecule has 0 aliphatic carbocycles. The van der Waals surface area contributed by atoms with Crippen LogP contribution in [-0.4, -0.2) is 25.8 Å². The molecule has 1 unspecified atom stereocenters. The average Bonchev–Trinajstić information content (AvgIpc) is 2.24. The average molecular weight is 325 g/mol. The monoisotopic (exact) mass is 324 g/mol. The van der Waals surface area contributed by atoms with Gasteiger partial charge in [-0.25, -0.2) is 8.42 Å². The van der Waals surface area contributed by atoms with Crippen molar-refractivity contribution in [2.45, 2.75) is 31.7 Å². The normalized spacial score (nSPS) is 14.1. The maximum atomic E-state index is 12.5. The third-order valence-electron chi connectivity index (χ3n) is 3.21. The Kier molecular flexibility index (Phi) is 5.12. The van der Waals surface area contributed by atoms with Gasteiger partial charge in [0.15, 0.2) is 0 Å². The molecule has 1 aromatic rings. The summed E-state index contributed by atoms with van der Waals surface area (Å²) in [5.41, 5.74) is 5.80. The molecule has 108 valence electrons. The van der Waals surface area contributed by atoms with Crippen LogP contribution in [0.4, 0.5) is 5.69 Å². The molecule has 0 bridgehead atoms. The molecule has 0 saturated carbocycles. The largest absolute Gasteiger partial charge is 0.398 e. The van der Waals surface area contributed by atoms with Crippen LogP contribution in [0.1, 0.15) is 20.8 Å². The minimum atomic E-state index is -3.74. The molecule has 1 aromatic carbocycles. The summed E-state index contributed by atoms with van der Waals surface area (Å²) in [6.45, 7) is 5.73. The van der Waals surface area contributed by atoms with Gasteiger partial charge in [-0.05, 0) is 25.0 Å². The number of sulfonamides is 1. The summed E-state index contributed by atoms with van der Waals surface area (Å²) < 4.78 is 26.4. The third kappa shape index (κ3) is 3.34. The smallest absolute Gasteiger partial charge is 0.246 e. The zero-order valence-corrected chi connectivity index (χ0v) is 13.6. The van der Waals surface area contributed by atoms with Gasteiger partial charge in [-0.1, -0.05) is 37.0 Å². The van der Waals surface area contributed by atoms with E-state index in [9.17, 15) is 8.42 Å². The number of halogens is 2. The Morgan fingerprint density at radius 1 is 1.21 bits per heavy atom. The van der Waals surface area contributed by atoms with Crippen molar-refractivity contribution in [3.05, 3.63) is 22.2 Å². The first kappa shape index (κ1) is 16.6. The van der Waals surface area contributed by atoms with Crippen molar-refractivity contribution >= 4 is 38.9 Å². The van der Waals surface area contributed by atoms with Crippen molar-refractivity contribution in [3.8, 4) is 0 Å². The molecule has 0 spiro atoms. The van der Waals surface area contributed by atoms with E-state index in [1.165, 1.54) is 23.5 Å². The molecule has 1 rings (SSSR count). The van der Waals surface area contributed by atoms with E-state index < -0.39 is 10.0 Å². The van der Waals surface area contributed by atoms with Crippen LogP contribution in [0.3, 0.4) is 0 Å². The Morgan fingerprint density at radius 3 is 2.16 bits per heavy atom. The van der Waals surface area contributed by atoms with Crippen LogP contribution in [0, 0.1) is 5.92 Å². The summed E-state index contributed by atoms with van der Waals surface area (Å²) in [5, 5.41) is 0.341. The van der Waals surface area contributed by atoms with Gasteiger partial charge < -0.3 is 5.73 Å². The van der Waals surface area contributed by atoms with E-state index in [1.54, 1.807) is 0 Å². The molecule has 19 heavy (non-hydrogen) atoms. The molecule has 4 nitrogen and oxygen atoms in total. The highest BCUT2D eigenvalue weighted by Crippen LogP contribution is 2.33. The minimum Gasteiger partial charge on any atom is -0.398 e. The Labute approximate surface area is 124 Å². The Morgan fingerprint density at radius 2 is 1.74 bits per heavy atom. The Bertz CT molecular complexity index is 550. The lowest BCUT2D eigenvalue weighted by molar-refractivity contribution is 0.316. The molecule has 0 fully saturated rings. The van der Waals surface area contributed by atoms with Gasteiger partial charge in [0.2, 0.25) is 10.0 Å². The van der Waals surface area contributed by atoms with Crippen molar-refractivity contribution in [1.82, 2.24) is 4.31 Å². The highest BCUT2D eigenvalue weighted by molar-refractivity contribution is 7.89. The summed E-state index contributed by atoms with van der Waals surface area (Å²) in [7, 11) is -2.23. The first-order chi connectivity index (χ1) is 8.59. The van der Waals surface area contributed by atoms with Gasteiger partial charge in [0.1, 0.15) is 4.90 Å². The molecule has 7 heteroatoms. The standard InChI is InChI=1S/C12H18Cl2N2O2S/c1-7(2)8(3)16(4)19(17,18)12-10(14)5-9(13)6-11(12)15/h5-8H,15H2,1-4H3. The Balaban J connectivity index is 3.36. The number of nitrogens with zero attached hydrogens (tertiary/aromatic N) is 1. The summed E-state index contributed by atoms with van der Waals surface area (Å²) in [6.07, 6.45) is 0. The minimum absolute atomic E-state index is 0.0350. The predicted molar refractivity (Wildman–Crippen MR) is 80.1 cm³/mol. The van der Waals surface area contributed by atoms with E-state index in [0.717, 1.165) is 0 Å². The molecule has 0 aliphatic heterocycles. The fourth-order valence-electron chi connectivity index (χ4n) is 1.64. The number of nitrogens with two attached hydrogens (primary N) is 1. The van der Waals surface area contributed by atoms with Gasteiger partial charge >= 0.3 is 0 Å². The third-order valence-corrected chi connectivity index (χ3v) is 5.90. The molecule has 0 radical (unpaired) electrons. The predicted octanol–water partition coefficient (Wildman–Crippen LogP) is 3.24. The van der Waals surface area contributed by atoms with E-state index in [4.69, 9.17) is 28.9 Å². The van der Waals surface area contributed by atoms with Crippen LogP contribution >= 0.6 is 23.2 Å². The lowest BCUT2D eigenvalue weighted by Gasteiger charge is -2.28. The van der Waals surface area contributed by atoms with Crippen molar-refractivity contribution in [2.24, 2.45) is 5.92 Å². The maximum Gasteiger partial charge on any atom is 0.246 e. The zero-order chi connectivity index (χ0) is 15.0. The van der Waals surface area contributed by atoms with Gasteiger partial charge in [0.25, 0.3) is 0 Å². The Hall–Kier alpha value is -0.490. The number of nitrogen functional groups attached to an aromatic ring is 1. The topological polar surface area (TPSA) is 63.4 Å². The molecular weight excluding hydrogens is 307 g/mol. The molecule has 2 N–H and O–H groups in total. The van der Waals surface area contributed by atoms with Crippen LogP contribution in [0.15, 0.2) is 17.0 Å². The summed E-state index contributed by atoms with van der Waals surface area (Å²) >= 11 is 11.8. The van der Waals surface area contributed by atoms with Crippen molar-refractivity contribution in [3.63, 3.8) is 0 Å². The second-order valence-corrected chi connectivity index (χ2v) is 7.59. The van der Waals surface area contributed by atoms with Crippen LogP contribution in [0.25, 0.3) is 0 Å². The SMILES string of the molecule is CC(C)C(C)N(C)S(=O)(=O)c1c(N)cc(Cl)cc1Cl. The van der Waals surface area contributed by atoms with Crippen molar-refractivity contribution < 1.29 is 8.42 Å². The second-order valence-electron chi connectivity index (χ2n) is 4.81. The molecule has 0 amide bonds. The van der Waals surface area contributed by atoms with E-state index in [2.05, 4.69) is 0 Å². The number of rotatable bonds is 4. The van der Waals surface area contributed by atoms with Gasteiger partial charge in [-0.15, -0.1) is 0 Å². The number of benzene rings is 1. The number of anilines is 1. The number of hydrogen-bond donors (Lipinski definition) is 1. The van der Waals surface area contributed by atoms with E-state index >= 15 is 0 Å². The van der Waals surface area contributed by atoms with Crippen molar-refractivity contribution in [1.29, 1.82) is 0 Å². The molecule has 0 aliphatic rings. The quantitative estimate of drug-likeness (QED) is 0.865. The summed E-state index contributed by atoms with van der Waals surface area (Å²) in [5.74, 6) is 0.173. The van der Waals surface area contributed by atoms with Gasteiger partial charge in [0.05, 0.1) is 10.7 Å². The summed E-state index contributed by atoms with van der Waals surface area (Å²) in [4.78, 5) is -0.0893. The molecule has 0 heterocycles. The van der Waals surface area contributed by atoms with Crippen LogP contribution in [0.5, 0.6) is 0 Å². The molecular formula is C12H18Cl2N2O2S. The lowest BCUT2D eigenvalue weighted by Crippen LogP contribution is -2.38. The zero-order valence-electron chi connectivity index (χ0n) is 11.3. The second kappa shape index (κ2) is 5.87. The highest BCUT2D eigenvalue weighted by Gasteiger charge is 2.30. The summed E-state index contributed by atoms with van der Waals surface area (Å²) in [6, 6.07) is 2.59. The maximum absolute atomic E-state index is 12.5. The fourth-order valence-corrected chi connectivity index (χ4v) is 4.07. The first-order valence-electron chi connectivity index (χ1n) is 5.81. The van der Waals surface area contributed by atoms with E-state index in [0.29, 0.717) is 5.02 Å². The lowest BCUT2D eigenvalue weighted by atomic mass is 10.1. The van der Waals surface area contributed by atoms with Gasteiger partial charge in [-0.2, -0.15) is 4.31 Å². The van der Waals surface area contributed by atoms with Crippen molar-refractivity contribution in [2.75, 3.05) is 12.8 Å². The fraction of sp³-hybridized carbons (Fsp3) is 0.500. The van der Waals surface area contributed by atoms with E-state index in [1.807, 2.05) is 20.8 Å².